The topological polar surface area (TPSA) is 18.5 Å². The molecule has 1 heterocycles. The summed E-state index contributed by atoms with van der Waals surface area (Å²) in [5, 5.41) is 0. The lowest BCUT2D eigenvalue weighted by molar-refractivity contribution is -0.0421. The predicted molar refractivity (Wildman–Crippen MR) is 164 cm³/mol. The molecule has 2 saturated carbocycles. The van der Waals surface area contributed by atoms with Crippen molar-refractivity contribution in [2.75, 3.05) is 13.2 Å². The molecular formula is C37H50F2O2. The van der Waals surface area contributed by atoms with Gasteiger partial charge in [0, 0.05) is 5.56 Å². The minimum atomic E-state index is -0.918. The summed E-state index contributed by atoms with van der Waals surface area (Å²) in [5.74, 6) is 2.58. The van der Waals surface area contributed by atoms with Gasteiger partial charge in [-0.05, 0) is 130 Å². The summed E-state index contributed by atoms with van der Waals surface area (Å²) in [6.07, 6.45) is 21.7. The first-order valence-corrected chi connectivity index (χ1v) is 16.5. The molecule has 2 atom stereocenters. The molecule has 1 aliphatic heterocycles. The van der Waals surface area contributed by atoms with Crippen LogP contribution in [0.3, 0.4) is 0 Å². The van der Waals surface area contributed by atoms with E-state index in [9.17, 15) is 8.78 Å². The number of hydrogen-bond donors (Lipinski definition) is 0. The highest BCUT2D eigenvalue weighted by Gasteiger charge is 2.35. The van der Waals surface area contributed by atoms with E-state index in [-0.39, 0.29) is 17.4 Å². The Kier molecular flexibility index (Phi) is 10.9. The maximum Gasteiger partial charge on any atom is 0.201 e. The quantitative estimate of drug-likeness (QED) is 0.267. The van der Waals surface area contributed by atoms with Crippen LogP contribution in [0.2, 0.25) is 0 Å². The summed E-state index contributed by atoms with van der Waals surface area (Å²) in [7, 11) is 0. The average Bonchev–Trinajstić information content (AvgIpc) is 3.03. The van der Waals surface area contributed by atoms with E-state index in [0.717, 1.165) is 48.7 Å². The maximum absolute atomic E-state index is 14.8. The summed E-state index contributed by atoms with van der Waals surface area (Å²) in [6.45, 7) is 5.28. The zero-order valence-electron chi connectivity index (χ0n) is 25.3. The highest BCUT2D eigenvalue weighted by Crippen LogP contribution is 2.46. The lowest BCUT2D eigenvalue weighted by atomic mass is 9.66. The number of halogens is 2. The van der Waals surface area contributed by atoms with Crippen LogP contribution in [0.4, 0.5) is 8.78 Å². The van der Waals surface area contributed by atoms with Crippen LogP contribution in [0.25, 0.3) is 11.1 Å². The molecule has 224 valence electrons. The molecule has 2 nitrogen and oxygen atoms in total. The largest absolute Gasteiger partial charge is 0.490 e. The lowest BCUT2D eigenvalue weighted by Gasteiger charge is -2.41. The van der Waals surface area contributed by atoms with E-state index in [1.54, 1.807) is 6.07 Å². The molecule has 2 unspecified atom stereocenters. The number of allylic oxidation sites excluding steroid dienone is 2. The molecule has 0 bridgehead atoms. The monoisotopic (exact) mass is 564 g/mol. The van der Waals surface area contributed by atoms with E-state index in [1.165, 1.54) is 76.7 Å². The van der Waals surface area contributed by atoms with Crippen LogP contribution in [0.1, 0.15) is 109 Å². The summed E-state index contributed by atoms with van der Waals surface area (Å²) in [6, 6.07) is 10.9. The Hall–Kier alpha value is -2.20. The van der Waals surface area contributed by atoms with Crippen molar-refractivity contribution in [1.82, 2.24) is 0 Å². The fourth-order valence-corrected chi connectivity index (χ4v) is 7.90. The molecule has 0 aromatic heterocycles. The van der Waals surface area contributed by atoms with E-state index in [2.05, 4.69) is 19.1 Å². The van der Waals surface area contributed by atoms with Gasteiger partial charge in [0.15, 0.2) is 11.6 Å². The van der Waals surface area contributed by atoms with Gasteiger partial charge in [0.25, 0.3) is 0 Å². The Balaban J connectivity index is 1.06. The van der Waals surface area contributed by atoms with Gasteiger partial charge in [-0.25, -0.2) is 4.39 Å². The van der Waals surface area contributed by atoms with Crippen LogP contribution in [-0.4, -0.2) is 13.2 Å². The average molecular weight is 565 g/mol. The minimum absolute atomic E-state index is 0.0262. The van der Waals surface area contributed by atoms with Crippen molar-refractivity contribution in [3.8, 4) is 16.9 Å². The molecule has 0 spiro atoms. The van der Waals surface area contributed by atoms with Crippen LogP contribution >= 0.6 is 0 Å². The molecule has 3 fully saturated rings. The highest BCUT2D eigenvalue weighted by atomic mass is 19.2. The summed E-state index contributed by atoms with van der Waals surface area (Å²) in [4.78, 5) is 0. The van der Waals surface area contributed by atoms with Gasteiger partial charge < -0.3 is 9.47 Å². The van der Waals surface area contributed by atoms with Crippen molar-refractivity contribution in [1.29, 1.82) is 0 Å². The third-order valence-electron chi connectivity index (χ3n) is 10.4. The number of ether oxygens (including phenoxy) is 2. The Morgan fingerprint density at radius 1 is 0.780 bits per heavy atom. The number of benzene rings is 2. The van der Waals surface area contributed by atoms with Crippen LogP contribution in [-0.2, 0) is 4.74 Å². The van der Waals surface area contributed by atoms with Crippen molar-refractivity contribution in [2.45, 2.75) is 103 Å². The smallest absolute Gasteiger partial charge is 0.201 e. The fourth-order valence-electron chi connectivity index (χ4n) is 7.90. The van der Waals surface area contributed by atoms with Crippen LogP contribution < -0.4 is 4.74 Å². The molecular weight excluding hydrogens is 514 g/mol. The van der Waals surface area contributed by atoms with E-state index < -0.39 is 11.6 Å². The van der Waals surface area contributed by atoms with Gasteiger partial charge >= 0.3 is 0 Å². The molecule has 0 amide bonds. The van der Waals surface area contributed by atoms with Gasteiger partial charge in [0.2, 0.25) is 5.82 Å². The van der Waals surface area contributed by atoms with Gasteiger partial charge in [-0.1, -0.05) is 56.2 Å². The first kappa shape index (κ1) is 30.3. The first-order chi connectivity index (χ1) is 20.1. The van der Waals surface area contributed by atoms with Gasteiger partial charge in [-0.2, -0.15) is 4.39 Å². The van der Waals surface area contributed by atoms with Gasteiger partial charge in [0.1, 0.15) is 0 Å². The van der Waals surface area contributed by atoms with Crippen LogP contribution in [0.15, 0.2) is 48.6 Å². The Labute approximate surface area is 246 Å². The molecule has 3 aliphatic rings. The molecule has 41 heavy (non-hydrogen) atoms. The van der Waals surface area contributed by atoms with Gasteiger partial charge in [-0.3, -0.25) is 0 Å². The second-order valence-corrected chi connectivity index (χ2v) is 13.0. The number of rotatable bonds is 10. The van der Waals surface area contributed by atoms with E-state index in [1.807, 2.05) is 31.2 Å². The number of hydrogen-bond acceptors (Lipinski definition) is 2. The lowest BCUT2D eigenvalue weighted by Crippen LogP contribution is -2.32. The van der Waals surface area contributed by atoms with Crippen molar-refractivity contribution < 1.29 is 18.3 Å². The second kappa shape index (κ2) is 14.8. The maximum atomic E-state index is 14.8. The van der Waals surface area contributed by atoms with Gasteiger partial charge in [0.05, 0.1) is 19.3 Å². The Morgan fingerprint density at radius 2 is 1.41 bits per heavy atom. The van der Waals surface area contributed by atoms with E-state index >= 15 is 0 Å². The molecule has 0 N–H and O–H groups in total. The minimum Gasteiger partial charge on any atom is -0.490 e. The van der Waals surface area contributed by atoms with Crippen LogP contribution in [0.5, 0.6) is 5.75 Å². The van der Waals surface area contributed by atoms with E-state index in [0.29, 0.717) is 18.1 Å². The third-order valence-corrected chi connectivity index (χ3v) is 10.4. The van der Waals surface area contributed by atoms with Crippen molar-refractivity contribution >= 4 is 0 Å². The Bertz CT molecular complexity index is 1100. The fraction of sp³-hybridized carbons (Fsp3) is 0.622. The molecule has 2 aromatic rings. The van der Waals surface area contributed by atoms with Crippen molar-refractivity contribution in [2.24, 2.45) is 29.6 Å². The summed E-state index contributed by atoms with van der Waals surface area (Å²) in [5.41, 5.74) is 2.05. The predicted octanol–water partition coefficient (Wildman–Crippen LogP) is 10.9. The summed E-state index contributed by atoms with van der Waals surface area (Å²) >= 11 is 0. The molecule has 2 aliphatic carbocycles. The SMILES string of the molecule is CC=CCCC1CCC(C2CCC(C3CCC(c4ccc(-c5ccc(OCCC)c(F)c5F)cc4)OC3)CC2)CC1. The normalized spacial score (nSPS) is 29.1. The molecule has 0 radical (unpaired) electrons. The standard InChI is InChI=1S/C37H50F2O2/c1-3-5-6-7-26-8-10-27(11-9-26)28-12-14-29(15-13-28)32-20-22-34(41-25-32)31-18-16-30(17-19-31)33-21-23-35(40-24-4-2)37(39)36(33)38/h3,5,16-19,21,23,26-29,32,34H,4,6-15,20,22,24-25H2,1-2H3. The Morgan fingerprint density at radius 3 is 2.02 bits per heavy atom. The molecule has 2 aromatic carbocycles. The second-order valence-electron chi connectivity index (χ2n) is 13.0. The van der Waals surface area contributed by atoms with Crippen molar-refractivity contribution in [3.63, 3.8) is 0 Å². The highest BCUT2D eigenvalue weighted by molar-refractivity contribution is 5.65. The van der Waals surface area contributed by atoms with Gasteiger partial charge in [-0.15, -0.1) is 0 Å². The first-order valence-electron chi connectivity index (χ1n) is 16.5. The van der Waals surface area contributed by atoms with E-state index in [4.69, 9.17) is 9.47 Å². The zero-order chi connectivity index (χ0) is 28.6. The summed E-state index contributed by atoms with van der Waals surface area (Å²) < 4.78 is 41.0. The third kappa shape index (κ3) is 7.61. The molecule has 5 rings (SSSR count). The zero-order valence-corrected chi connectivity index (χ0v) is 25.3. The van der Waals surface area contributed by atoms with Crippen molar-refractivity contribution in [3.05, 3.63) is 65.7 Å². The molecule has 1 saturated heterocycles. The molecule has 4 heteroatoms. The van der Waals surface area contributed by atoms with Crippen LogP contribution in [0, 0.1) is 41.2 Å².